The second kappa shape index (κ2) is 7.98. The highest BCUT2D eigenvalue weighted by atomic mass is 16.6. The summed E-state index contributed by atoms with van der Waals surface area (Å²) in [5.74, 6) is -0.177. The number of hydrogen-bond acceptors (Lipinski definition) is 6. The van der Waals surface area contributed by atoms with Crippen LogP contribution in [-0.4, -0.2) is 23.5 Å². The molecule has 0 spiro atoms. The Kier molecular flexibility index (Phi) is 5.28. The van der Waals surface area contributed by atoms with Crippen LogP contribution in [0.5, 0.6) is 5.75 Å². The lowest BCUT2D eigenvalue weighted by molar-refractivity contribution is -0.148. The number of hydrogen-bond donors (Lipinski definition) is 1. The molecule has 0 fully saturated rings. The van der Waals surface area contributed by atoms with Gasteiger partial charge in [-0.25, -0.2) is 9.78 Å². The van der Waals surface area contributed by atoms with Crippen LogP contribution in [-0.2, 0) is 16.1 Å². The van der Waals surface area contributed by atoms with E-state index in [0.717, 1.165) is 5.56 Å². The number of amides is 1. The molecule has 26 heavy (non-hydrogen) atoms. The van der Waals surface area contributed by atoms with Gasteiger partial charge in [-0.3, -0.25) is 4.79 Å². The van der Waals surface area contributed by atoms with Crippen molar-refractivity contribution >= 4 is 11.9 Å². The molecule has 2 N–H and O–H groups in total. The molecule has 0 aliphatic carbocycles. The zero-order valence-electron chi connectivity index (χ0n) is 13.8. The van der Waals surface area contributed by atoms with Gasteiger partial charge in [0.2, 0.25) is 5.89 Å². The maximum Gasteiger partial charge on any atom is 0.344 e. The number of benzene rings is 2. The molecule has 0 atom stereocenters. The quantitative estimate of drug-likeness (QED) is 0.655. The average Bonchev–Trinajstić information content (AvgIpc) is 3.14. The molecule has 0 bridgehead atoms. The molecule has 0 aliphatic heterocycles. The summed E-state index contributed by atoms with van der Waals surface area (Å²) in [6, 6.07) is 15.8. The van der Waals surface area contributed by atoms with Crippen LogP contribution in [0.4, 0.5) is 0 Å². The third kappa shape index (κ3) is 4.27. The maximum absolute atomic E-state index is 11.8. The molecule has 0 unspecified atom stereocenters. The van der Waals surface area contributed by atoms with E-state index < -0.39 is 11.9 Å². The standard InChI is InChI=1S/C19H16N2O5/c20-19(23)14-8-4-5-9-15(14)24-12-18(22)25-11-17-21-10-16(26-17)13-6-2-1-3-7-13/h1-10H,11-12H2,(H2,20,23). The molecule has 1 amide bonds. The highest BCUT2D eigenvalue weighted by Crippen LogP contribution is 2.20. The van der Waals surface area contributed by atoms with Crippen LogP contribution in [0.3, 0.4) is 0 Å². The van der Waals surface area contributed by atoms with Crippen molar-refractivity contribution in [1.82, 2.24) is 4.98 Å². The van der Waals surface area contributed by atoms with Gasteiger partial charge in [-0.15, -0.1) is 0 Å². The Morgan fingerprint density at radius 1 is 1.04 bits per heavy atom. The van der Waals surface area contributed by atoms with E-state index in [9.17, 15) is 9.59 Å². The van der Waals surface area contributed by atoms with Crippen LogP contribution in [0.15, 0.2) is 65.2 Å². The fourth-order valence-electron chi connectivity index (χ4n) is 2.23. The molecule has 3 aromatic rings. The van der Waals surface area contributed by atoms with Crippen molar-refractivity contribution in [1.29, 1.82) is 0 Å². The van der Waals surface area contributed by atoms with E-state index >= 15 is 0 Å². The SMILES string of the molecule is NC(=O)c1ccccc1OCC(=O)OCc1ncc(-c2ccccc2)o1. The molecular weight excluding hydrogens is 336 g/mol. The first kappa shape index (κ1) is 17.2. The monoisotopic (exact) mass is 352 g/mol. The van der Waals surface area contributed by atoms with E-state index in [2.05, 4.69) is 4.98 Å². The molecular formula is C19H16N2O5. The first-order valence-electron chi connectivity index (χ1n) is 7.81. The van der Waals surface area contributed by atoms with Gasteiger partial charge in [0.05, 0.1) is 11.8 Å². The Hall–Kier alpha value is -3.61. The van der Waals surface area contributed by atoms with E-state index in [1.807, 2.05) is 30.3 Å². The molecule has 2 aromatic carbocycles. The Balaban J connectivity index is 1.52. The second-order valence-electron chi connectivity index (χ2n) is 5.29. The Bertz CT molecular complexity index is 905. The van der Waals surface area contributed by atoms with Gasteiger partial charge >= 0.3 is 5.97 Å². The van der Waals surface area contributed by atoms with Gasteiger partial charge in [-0.05, 0) is 12.1 Å². The Morgan fingerprint density at radius 3 is 2.54 bits per heavy atom. The molecule has 0 aliphatic rings. The summed E-state index contributed by atoms with van der Waals surface area (Å²) in [7, 11) is 0. The summed E-state index contributed by atoms with van der Waals surface area (Å²) < 4.78 is 15.9. The summed E-state index contributed by atoms with van der Waals surface area (Å²) in [5, 5.41) is 0. The van der Waals surface area contributed by atoms with Crippen molar-refractivity contribution in [2.45, 2.75) is 6.61 Å². The number of oxazole rings is 1. The van der Waals surface area contributed by atoms with Crippen LogP contribution < -0.4 is 10.5 Å². The fraction of sp³-hybridized carbons (Fsp3) is 0.105. The lowest BCUT2D eigenvalue weighted by atomic mass is 10.2. The highest BCUT2D eigenvalue weighted by Gasteiger charge is 2.12. The first-order chi connectivity index (χ1) is 12.6. The molecule has 1 heterocycles. The van der Waals surface area contributed by atoms with Gasteiger partial charge in [0.1, 0.15) is 5.75 Å². The Labute approximate surface area is 149 Å². The molecule has 7 heteroatoms. The minimum Gasteiger partial charge on any atom is -0.481 e. The summed E-state index contributed by atoms with van der Waals surface area (Å²) in [5.41, 5.74) is 6.32. The maximum atomic E-state index is 11.8. The number of primary amides is 1. The number of esters is 1. The zero-order valence-corrected chi connectivity index (χ0v) is 13.8. The lowest BCUT2D eigenvalue weighted by Gasteiger charge is -2.08. The molecule has 0 radical (unpaired) electrons. The number of carbonyl (C=O) groups excluding carboxylic acids is 2. The van der Waals surface area contributed by atoms with Gasteiger partial charge in [-0.1, -0.05) is 42.5 Å². The zero-order chi connectivity index (χ0) is 18.4. The van der Waals surface area contributed by atoms with Crippen LogP contribution in [0, 0.1) is 0 Å². The third-order valence-corrected chi connectivity index (χ3v) is 3.47. The normalized spacial score (nSPS) is 10.3. The smallest absolute Gasteiger partial charge is 0.344 e. The van der Waals surface area contributed by atoms with Gasteiger partial charge in [0.25, 0.3) is 5.91 Å². The van der Waals surface area contributed by atoms with Crippen LogP contribution in [0.25, 0.3) is 11.3 Å². The molecule has 132 valence electrons. The van der Waals surface area contributed by atoms with Crippen LogP contribution in [0.1, 0.15) is 16.2 Å². The van der Waals surface area contributed by atoms with Crippen molar-refractivity contribution in [3.05, 3.63) is 72.2 Å². The van der Waals surface area contributed by atoms with Crippen molar-refractivity contribution in [2.24, 2.45) is 5.73 Å². The van der Waals surface area contributed by atoms with E-state index in [-0.39, 0.29) is 30.4 Å². The molecule has 0 saturated heterocycles. The molecule has 7 nitrogen and oxygen atoms in total. The summed E-state index contributed by atoms with van der Waals surface area (Å²) in [6.07, 6.45) is 1.57. The number of nitrogens with two attached hydrogens (primary N) is 1. The van der Waals surface area contributed by atoms with E-state index in [1.165, 1.54) is 6.07 Å². The Morgan fingerprint density at radius 2 is 1.77 bits per heavy atom. The number of rotatable bonds is 7. The minimum atomic E-state index is -0.637. The van der Waals surface area contributed by atoms with Gasteiger partial charge in [0, 0.05) is 5.56 Å². The molecule has 0 saturated carbocycles. The largest absolute Gasteiger partial charge is 0.481 e. The van der Waals surface area contributed by atoms with Gasteiger partial charge in [0.15, 0.2) is 19.0 Å². The van der Waals surface area contributed by atoms with Crippen molar-refractivity contribution in [3.8, 4) is 17.1 Å². The minimum absolute atomic E-state index is 0.119. The number of para-hydroxylation sites is 1. The third-order valence-electron chi connectivity index (χ3n) is 3.47. The number of carbonyl (C=O) groups is 2. The number of aromatic nitrogens is 1. The summed E-state index contributed by atoms with van der Waals surface area (Å²) >= 11 is 0. The van der Waals surface area contributed by atoms with E-state index in [0.29, 0.717) is 5.76 Å². The predicted octanol–water partition coefficient (Wildman–Crippen LogP) is 2.56. The summed E-state index contributed by atoms with van der Waals surface area (Å²) in [6.45, 7) is -0.483. The average molecular weight is 352 g/mol. The fourth-order valence-corrected chi connectivity index (χ4v) is 2.23. The van der Waals surface area contributed by atoms with Gasteiger partial charge in [-0.2, -0.15) is 0 Å². The van der Waals surface area contributed by atoms with Crippen molar-refractivity contribution < 1.29 is 23.5 Å². The number of ether oxygens (including phenoxy) is 2. The van der Waals surface area contributed by atoms with Gasteiger partial charge < -0.3 is 19.6 Å². The van der Waals surface area contributed by atoms with E-state index in [1.54, 1.807) is 24.4 Å². The molecule has 1 aromatic heterocycles. The highest BCUT2D eigenvalue weighted by molar-refractivity contribution is 5.95. The van der Waals surface area contributed by atoms with Crippen LogP contribution >= 0.6 is 0 Å². The predicted molar refractivity (Wildman–Crippen MR) is 92.2 cm³/mol. The lowest BCUT2D eigenvalue weighted by Crippen LogP contribution is -2.18. The topological polar surface area (TPSA) is 105 Å². The van der Waals surface area contributed by atoms with Crippen LogP contribution in [0.2, 0.25) is 0 Å². The van der Waals surface area contributed by atoms with E-state index in [4.69, 9.17) is 19.6 Å². The number of nitrogens with zero attached hydrogens (tertiary/aromatic N) is 1. The second-order valence-corrected chi connectivity index (χ2v) is 5.29. The van der Waals surface area contributed by atoms with Crippen molar-refractivity contribution in [2.75, 3.05) is 6.61 Å². The summed E-state index contributed by atoms with van der Waals surface area (Å²) in [4.78, 5) is 27.2. The van der Waals surface area contributed by atoms with Crippen molar-refractivity contribution in [3.63, 3.8) is 0 Å². The first-order valence-corrected chi connectivity index (χ1v) is 7.81. The molecule has 3 rings (SSSR count).